The molecule has 2 spiro atoms. The van der Waals surface area contributed by atoms with E-state index in [1.54, 1.807) is 23.1 Å². The zero-order chi connectivity index (χ0) is 30.6. The first-order chi connectivity index (χ1) is 21.1. The van der Waals surface area contributed by atoms with E-state index in [9.17, 15) is 28.1 Å². The van der Waals surface area contributed by atoms with E-state index in [0.29, 0.717) is 34.2 Å². The molecular formula is C32H25F3N4O5. The molecule has 0 amide bonds. The molecule has 2 saturated carbocycles. The van der Waals surface area contributed by atoms with Crippen molar-refractivity contribution in [1.29, 1.82) is 0 Å². The minimum Gasteiger partial charge on any atom is -0.468 e. The van der Waals surface area contributed by atoms with Gasteiger partial charge in [0.25, 0.3) is 5.69 Å². The molecule has 1 aromatic heterocycles. The summed E-state index contributed by atoms with van der Waals surface area (Å²) in [5.74, 6) is -0.205. The van der Waals surface area contributed by atoms with Crippen LogP contribution in [0, 0.1) is 22.0 Å². The number of anilines is 1. The molecule has 2 bridgehead atoms. The van der Waals surface area contributed by atoms with Crippen molar-refractivity contribution < 1.29 is 32.4 Å². The van der Waals surface area contributed by atoms with E-state index in [-0.39, 0.29) is 35.1 Å². The first kappa shape index (κ1) is 26.9. The van der Waals surface area contributed by atoms with Gasteiger partial charge in [0, 0.05) is 29.4 Å². The van der Waals surface area contributed by atoms with E-state index in [1.807, 2.05) is 12.1 Å². The zero-order valence-corrected chi connectivity index (χ0v) is 23.4. The number of methoxy groups -OCH3 is 1. The number of nitro groups is 1. The summed E-state index contributed by atoms with van der Waals surface area (Å²) < 4.78 is 55.2. The highest BCUT2D eigenvalue weighted by Crippen LogP contribution is 2.69. The average Bonchev–Trinajstić information content (AvgIpc) is 3.68. The fourth-order valence-electron chi connectivity index (χ4n) is 8.37. The lowest BCUT2D eigenvalue weighted by Crippen LogP contribution is -2.66. The Hall–Kier alpha value is -4.74. The molecule has 4 unspecified atom stereocenters. The summed E-state index contributed by atoms with van der Waals surface area (Å²) >= 11 is 0. The van der Waals surface area contributed by atoms with Crippen LogP contribution in [0.1, 0.15) is 36.8 Å². The van der Waals surface area contributed by atoms with Gasteiger partial charge in [-0.1, -0.05) is 6.42 Å². The number of hydrogen-bond donors (Lipinski definition) is 0. The Labute approximate surface area is 248 Å². The van der Waals surface area contributed by atoms with Crippen LogP contribution in [-0.4, -0.2) is 41.5 Å². The van der Waals surface area contributed by atoms with Gasteiger partial charge < -0.3 is 14.4 Å². The molecule has 9 nitrogen and oxygen atoms in total. The van der Waals surface area contributed by atoms with Gasteiger partial charge in [0.2, 0.25) is 5.72 Å². The Morgan fingerprint density at radius 3 is 2.73 bits per heavy atom. The molecule has 4 aromatic rings. The average molecular weight is 603 g/mol. The number of fused-ring (bicyclic) bond motifs is 10. The number of esters is 1. The predicted molar refractivity (Wildman–Crippen MR) is 155 cm³/mol. The molecule has 2 aliphatic heterocycles. The molecule has 2 aliphatic carbocycles. The van der Waals surface area contributed by atoms with Crippen molar-refractivity contribution in [2.45, 2.75) is 43.0 Å². The molecular weight excluding hydrogens is 577 g/mol. The number of rotatable bonds is 3. The number of halogens is 3. The highest BCUT2D eigenvalue weighted by atomic mass is 19.4. The largest absolute Gasteiger partial charge is 0.468 e. The second-order valence-corrected chi connectivity index (χ2v) is 12.1. The Morgan fingerprint density at radius 2 is 2.02 bits per heavy atom. The lowest BCUT2D eigenvalue weighted by Gasteiger charge is -2.51. The summed E-state index contributed by atoms with van der Waals surface area (Å²) in [6, 6.07) is 12.7. The molecule has 44 heavy (non-hydrogen) atoms. The molecule has 0 N–H and O–H groups in total. The molecule has 4 aliphatic rings. The van der Waals surface area contributed by atoms with E-state index in [0.717, 1.165) is 30.9 Å². The number of aromatic nitrogens is 1. The fraction of sp³-hybridized carbons (Fsp3) is 0.344. The van der Waals surface area contributed by atoms with Crippen LogP contribution in [0.25, 0.3) is 21.7 Å². The van der Waals surface area contributed by atoms with Gasteiger partial charge in [0.05, 0.1) is 34.7 Å². The van der Waals surface area contributed by atoms with Gasteiger partial charge in [-0.15, -0.1) is 0 Å². The van der Waals surface area contributed by atoms with Crippen molar-refractivity contribution in [3.63, 3.8) is 0 Å². The number of benzene rings is 3. The summed E-state index contributed by atoms with van der Waals surface area (Å²) in [5.41, 5.74) is -2.02. The van der Waals surface area contributed by atoms with Crippen LogP contribution in [0.5, 0.6) is 5.75 Å². The van der Waals surface area contributed by atoms with Crippen molar-refractivity contribution in [2.24, 2.45) is 16.8 Å². The van der Waals surface area contributed by atoms with Crippen LogP contribution in [0.2, 0.25) is 0 Å². The normalized spacial score (nSPS) is 26.4. The van der Waals surface area contributed by atoms with E-state index < -0.39 is 33.8 Å². The Morgan fingerprint density at radius 1 is 1.18 bits per heavy atom. The lowest BCUT2D eigenvalue weighted by atomic mass is 9.63. The molecule has 224 valence electrons. The summed E-state index contributed by atoms with van der Waals surface area (Å²) in [5, 5.41) is 13.4. The number of ether oxygens (including phenoxy) is 2. The number of non-ortho nitro benzene ring substituents is 1. The topological polar surface area (TPSA) is 107 Å². The van der Waals surface area contributed by atoms with Gasteiger partial charge in [-0.3, -0.25) is 24.9 Å². The maximum absolute atomic E-state index is 14.4. The standard InChI is InChI=1S/C32H25F3N4O5/c1-43-27(40)15-38-26-12-18-5-7-21(39(41)42)10-19(18)11-23(26)30(14-17-4-6-20(30)9-17)31(38)16-37-28-24(32(33,34)35)13-25-22(29(28)44-31)3-2-8-36-25/h2-3,5,7-8,10-13,16-17,20H,4,6,9,14-15H2,1H3. The van der Waals surface area contributed by atoms with Crippen LogP contribution >= 0.6 is 0 Å². The quantitative estimate of drug-likeness (QED) is 0.143. The van der Waals surface area contributed by atoms with Gasteiger partial charge in [-0.25, -0.2) is 0 Å². The minimum absolute atomic E-state index is 0.0459. The van der Waals surface area contributed by atoms with Crippen LogP contribution < -0.4 is 9.64 Å². The highest BCUT2D eigenvalue weighted by Gasteiger charge is 2.71. The Balaban J connectivity index is 1.43. The molecule has 3 aromatic carbocycles. The third-order valence-electron chi connectivity index (χ3n) is 10.1. The molecule has 4 atom stereocenters. The third-order valence-corrected chi connectivity index (χ3v) is 10.1. The number of hydrogen-bond acceptors (Lipinski definition) is 8. The highest BCUT2D eigenvalue weighted by molar-refractivity contribution is 6.00. The van der Waals surface area contributed by atoms with E-state index in [4.69, 9.17) is 9.47 Å². The summed E-state index contributed by atoms with van der Waals surface area (Å²) in [6.07, 6.45) is 1.56. The van der Waals surface area contributed by atoms with E-state index in [1.165, 1.54) is 31.7 Å². The second-order valence-electron chi connectivity index (χ2n) is 12.1. The Kier molecular flexibility index (Phi) is 5.43. The van der Waals surface area contributed by atoms with Crippen LogP contribution in [0.3, 0.4) is 0 Å². The molecule has 12 heteroatoms. The number of aliphatic imine (C=N–C) groups is 1. The SMILES string of the molecule is COC(=O)CN1c2cc3ccc([N+](=O)[O-])cc3cc2C2(CC3CCC2C3)C12C=Nc1c(C(F)(F)F)cc3ncccc3c1O2. The maximum Gasteiger partial charge on any atom is 0.418 e. The number of nitrogens with zero attached hydrogens (tertiary/aromatic N) is 4. The van der Waals surface area contributed by atoms with Crippen molar-refractivity contribution in [3.8, 4) is 5.75 Å². The zero-order valence-electron chi connectivity index (χ0n) is 23.4. The minimum atomic E-state index is -4.72. The van der Waals surface area contributed by atoms with Gasteiger partial charge in [0.1, 0.15) is 12.2 Å². The van der Waals surface area contributed by atoms with Crippen LogP contribution in [0.4, 0.5) is 30.2 Å². The first-order valence-corrected chi connectivity index (χ1v) is 14.4. The number of carbonyl (C=O) groups excluding carboxylic acids is 1. The van der Waals surface area contributed by atoms with Gasteiger partial charge >= 0.3 is 12.1 Å². The summed E-state index contributed by atoms with van der Waals surface area (Å²) in [7, 11) is 1.28. The van der Waals surface area contributed by atoms with Crippen molar-refractivity contribution in [1.82, 2.24) is 4.98 Å². The van der Waals surface area contributed by atoms with Gasteiger partial charge in [-0.05, 0) is 83.8 Å². The third kappa shape index (κ3) is 3.44. The molecule has 0 saturated heterocycles. The number of nitro benzene ring substituents is 1. The predicted octanol–water partition coefficient (Wildman–Crippen LogP) is 6.86. The molecule has 2 fully saturated rings. The fourth-order valence-corrected chi connectivity index (χ4v) is 8.37. The smallest absolute Gasteiger partial charge is 0.418 e. The summed E-state index contributed by atoms with van der Waals surface area (Å²) in [4.78, 5) is 34.7. The molecule has 3 heterocycles. The van der Waals surface area contributed by atoms with Crippen LogP contribution in [0.15, 0.2) is 59.7 Å². The van der Waals surface area contributed by atoms with Gasteiger partial charge in [0.15, 0.2) is 5.75 Å². The second kappa shape index (κ2) is 8.90. The molecule has 8 rings (SSSR count). The first-order valence-electron chi connectivity index (χ1n) is 14.4. The monoisotopic (exact) mass is 602 g/mol. The van der Waals surface area contributed by atoms with E-state index in [2.05, 4.69) is 9.98 Å². The van der Waals surface area contributed by atoms with Gasteiger partial charge in [-0.2, -0.15) is 13.2 Å². The Bertz CT molecular complexity index is 1960. The lowest BCUT2D eigenvalue weighted by molar-refractivity contribution is -0.384. The number of alkyl halides is 3. The summed E-state index contributed by atoms with van der Waals surface area (Å²) in [6.45, 7) is -0.252. The number of pyridine rings is 1. The van der Waals surface area contributed by atoms with Crippen molar-refractivity contribution in [3.05, 3.63) is 76.0 Å². The van der Waals surface area contributed by atoms with Crippen molar-refractivity contribution >= 4 is 50.9 Å². The van der Waals surface area contributed by atoms with E-state index >= 15 is 0 Å². The van der Waals surface area contributed by atoms with Crippen LogP contribution in [-0.2, 0) is 21.1 Å². The molecule has 0 radical (unpaired) electrons. The maximum atomic E-state index is 14.4. The van der Waals surface area contributed by atoms with Crippen molar-refractivity contribution in [2.75, 3.05) is 18.6 Å². The number of carbonyl (C=O) groups is 1.